The largest absolute Gasteiger partial charge is 0.503 e. The Balaban J connectivity index is 1.73. The zero-order chi connectivity index (χ0) is 23.0. The number of nitrogens with zero attached hydrogens (tertiary/aromatic N) is 5. The summed E-state index contributed by atoms with van der Waals surface area (Å²) >= 11 is 0. The van der Waals surface area contributed by atoms with Gasteiger partial charge < -0.3 is 19.8 Å². The van der Waals surface area contributed by atoms with Gasteiger partial charge in [-0.05, 0) is 13.8 Å². The molecule has 11 heteroatoms. The van der Waals surface area contributed by atoms with Crippen LogP contribution in [0.4, 0.5) is 31.9 Å². The van der Waals surface area contributed by atoms with E-state index in [1.54, 1.807) is 24.8 Å². The number of terminal acetylenes is 1. The summed E-state index contributed by atoms with van der Waals surface area (Å²) in [5.41, 5.74) is 1.07. The van der Waals surface area contributed by atoms with Gasteiger partial charge in [0.2, 0.25) is 11.9 Å². The summed E-state index contributed by atoms with van der Waals surface area (Å²) in [4.78, 5) is 24.7. The molecule has 0 bridgehead atoms. The average molecular weight is 440 g/mol. The van der Waals surface area contributed by atoms with E-state index >= 15 is 0 Å². The first-order chi connectivity index (χ1) is 15.3. The molecule has 3 heterocycles. The lowest BCUT2D eigenvalue weighted by Gasteiger charge is -2.39. The topological polar surface area (TPSA) is 108 Å². The lowest BCUT2D eigenvalue weighted by atomic mass is 10.1. The molecule has 0 saturated heterocycles. The predicted molar refractivity (Wildman–Crippen MR) is 111 cm³/mol. The summed E-state index contributed by atoms with van der Waals surface area (Å²) in [6.07, 6.45) is 6.90. The highest BCUT2D eigenvalue weighted by molar-refractivity contribution is 6.04. The molecule has 32 heavy (non-hydrogen) atoms. The molecule has 1 atom stereocenters. The molecule has 1 aliphatic rings. The SMILES string of the molecule is C#CCN1c2nc(Nc3cc(F)c(O)c(F)c3)ncc2N(Cc2cc(C)no2)C(=O)[C@@H]1C. The predicted octanol–water partition coefficient (Wildman–Crippen LogP) is 2.88. The second-order valence-corrected chi connectivity index (χ2v) is 7.18. The van der Waals surface area contributed by atoms with Crippen molar-refractivity contribution in [3.8, 4) is 18.1 Å². The maximum absolute atomic E-state index is 13.7. The number of aromatic hydroxyl groups is 1. The lowest BCUT2D eigenvalue weighted by Crippen LogP contribution is -2.52. The van der Waals surface area contributed by atoms with Gasteiger partial charge in [-0.1, -0.05) is 11.1 Å². The molecule has 9 nitrogen and oxygen atoms in total. The molecule has 2 aromatic heterocycles. The Morgan fingerprint density at radius 1 is 1.31 bits per heavy atom. The van der Waals surface area contributed by atoms with Crippen molar-refractivity contribution in [1.82, 2.24) is 15.1 Å². The molecule has 1 amide bonds. The number of rotatable bonds is 5. The fourth-order valence-electron chi connectivity index (χ4n) is 3.38. The van der Waals surface area contributed by atoms with Crippen molar-refractivity contribution >= 4 is 29.0 Å². The highest BCUT2D eigenvalue weighted by Gasteiger charge is 2.37. The minimum Gasteiger partial charge on any atom is -0.503 e. The summed E-state index contributed by atoms with van der Waals surface area (Å²) in [6.45, 7) is 3.69. The molecular formula is C21H18F2N6O3. The van der Waals surface area contributed by atoms with Gasteiger partial charge in [0.25, 0.3) is 0 Å². The molecule has 164 valence electrons. The van der Waals surface area contributed by atoms with Crippen LogP contribution < -0.4 is 15.1 Å². The number of phenols is 1. The number of amides is 1. The second kappa shape index (κ2) is 8.14. The molecule has 0 radical (unpaired) electrons. The standard InChI is InChI=1S/C21H18F2N6O3/c1-4-5-28-12(3)20(31)29(10-14-6-11(2)27-32-14)17-9-24-21(26-19(17)28)25-13-7-15(22)18(30)16(23)8-13/h1,6-9,12,30H,5,10H2,2-3H3,(H,24,25,26)/t12-/m0/s1. The van der Waals surface area contributed by atoms with Crippen molar-refractivity contribution in [2.75, 3.05) is 21.7 Å². The maximum atomic E-state index is 13.7. The first kappa shape index (κ1) is 21.0. The third-order valence-corrected chi connectivity index (χ3v) is 4.93. The molecule has 3 aromatic rings. The molecule has 0 aliphatic carbocycles. The van der Waals surface area contributed by atoms with E-state index < -0.39 is 23.4 Å². The second-order valence-electron chi connectivity index (χ2n) is 7.18. The molecule has 2 N–H and O–H groups in total. The number of halogens is 2. The average Bonchev–Trinajstić information content (AvgIpc) is 3.17. The number of aryl methyl sites for hydroxylation is 1. The third-order valence-electron chi connectivity index (χ3n) is 4.93. The van der Waals surface area contributed by atoms with Crippen molar-refractivity contribution in [2.24, 2.45) is 0 Å². The molecule has 4 rings (SSSR count). The third kappa shape index (κ3) is 3.78. The van der Waals surface area contributed by atoms with Crippen LogP contribution in [0.2, 0.25) is 0 Å². The van der Waals surface area contributed by atoms with Gasteiger partial charge in [0.15, 0.2) is 29.0 Å². The van der Waals surface area contributed by atoms with E-state index in [0.29, 0.717) is 23.0 Å². The maximum Gasteiger partial charge on any atom is 0.250 e. The van der Waals surface area contributed by atoms with E-state index in [1.165, 1.54) is 11.1 Å². The number of carbonyl (C=O) groups is 1. The Hall–Kier alpha value is -4.20. The molecule has 1 aromatic carbocycles. The quantitative estimate of drug-likeness (QED) is 0.461. The summed E-state index contributed by atoms with van der Waals surface area (Å²) in [5.74, 6) is -0.194. The van der Waals surface area contributed by atoms with Gasteiger partial charge in [0.1, 0.15) is 11.7 Å². The van der Waals surface area contributed by atoms with Gasteiger partial charge in [-0.15, -0.1) is 6.42 Å². The fraction of sp³-hybridized carbons (Fsp3) is 0.238. The first-order valence-corrected chi connectivity index (χ1v) is 9.54. The van der Waals surface area contributed by atoms with Crippen LogP contribution in [-0.4, -0.2) is 38.7 Å². The van der Waals surface area contributed by atoms with Crippen LogP contribution in [0.5, 0.6) is 5.75 Å². The number of hydrogen-bond donors (Lipinski definition) is 2. The number of carbonyl (C=O) groups excluding carboxylic acids is 1. The lowest BCUT2D eigenvalue weighted by molar-refractivity contribution is -0.120. The highest BCUT2D eigenvalue weighted by atomic mass is 19.1. The van der Waals surface area contributed by atoms with Crippen molar-refractivity contribution in [2.45, 2.75) is 26.4 Å². The number of anilines is 4. The number of benzene rings is 1. The molecule has 1 aliphatic heterocycles. The Bertz CT molecular complexity index is 1220. The molecule has 0 fully saturated rings. The summed E-state index contributed by atoms with van der Waals surface area (Å²) in [7, 11) is 0. The van der Waals surface area contributed by atoms with Crippen molar-refractivity contribution in [3.63, 3.8) is 0 Å². The van der Waals surface area contributed by atoms with Gasteiger partial charge in [0, 0.05) is 23.9 Å². The zero-order valence-corrected chi connectivity index (χ0v) is 17.1. The van der Waals surface area contributed by atoms with E-state index in [4.69, 9.17) is 10.9 Å². The van der Waals surface area contributed by atoms with Crippen LogP contribution >= 0.6 is 0 Å². The first-order valence-electron chi connectivity index (χ1n) is 9.54. The van der Waals surface area contributed by atoms with Crippen LogP contribution in [0.1, 0.15) is 18.4 Å². The minimum absolute atomic E-state index is 0.00447. The van der Waals surface area contributed by atoms with Gasteiger partial charge in [-0.25, -0.2) is 13.8 Å². The fourth-order valence-corrected chi connectivity index (χ4v) is 3.38. The van der Waals surface area contributed by atoms with E-state index in [9.17, 15) is 18.7 Å². The van der Waals surface area contributed by atoms with Crippen LogP contribution in [-0.2, 0) is 11.3 Å². The Labute approximate surface area is 181 Å². The van der Waals surface area contributed by atoms with Crippen LogP contribution in [0.15, 0.2) is 28.9 Å². The number of nitrogens with one attached hydrogen (secondary N) is 1. The Morgan fingerprint density at radius 3 is 2.66 bits per heavy atom. The number of aromatic nitrogens is 3. The van der Waals surface area contributed by atoms with Crippen LogP contribution in [0.3, 0.4) is 0 Å². The molecule has 0 unspecified atom stereocenters. The number of hydrogen-bond acceptors (Lipinski definition) is 8. The minimum atomic E-state index is -1.13. The number of phenolic OH excluding ortho intramolecular Hbond substituents is 1. The van der Waals surface area contributed by atoms with Crippen molar-refractivity contribution < 1.29 is 23.2 Å². The molecule has 0 spiro atoms. The van der Waals surface area contributed by atoms with Crippen molar-refractivity contribution in [3.05, 3.63) is 47.5 Å². The summed E-state index contributed by atoms with van der Waals surface area (Å²) < 4.78 is 32.6. The highest BCUT2D eigenvalue weighted by Crippen LogP contribution is 2.36. The molecular weight excluding hydrogens is 422 g/mol. The van der Waals surface area contributed by atoms with E-state index in [1.807, 2.05) is 0 Å². The van der Waals surface area contributed by atoms with Gasteiger partial charge in [0.05, 0.1) is 25.0 Å². The number of fused-ring (bicyclic) bond motifs is 1. The normalized spacial score (nSPS) is 15.5. The zero-order valence-electron chi connectivity index (χ0n) is 17.1. The van der Waals surface area contributed by atoms with Crippen molar-refractivity contribution in [1.29, 1.82) is 0 Å². The van der Waals surface area contributed by atoms with Gasteiger partial charge in [-0.3, -0.25) is 9.69 Å². The van der Waals surface area contributed by atoms with E-state index in [2.05, 4.69) is 26.4 Å². The molecule has 0 saturated carbocycles. The summed E-state index contributed by atoms with van der Waals surface area (Å²) in [6, 6.07) is 2.90. The van der Waals surface area contributed by atoms with Crippen LogP contribution in [0, 0.1) is 30.9 Å². The monoisotopic (exact) mass is 440 g/mol. The summed E-state index contributed by atoms with van der Waals surface area (Å²) in [5, 5.41) is 15.8. The Kier molecular flexibility index (Phi) is 5.36. The van der Waals surface area contributed by atoms with Crippen LogP contribution in [0.25, 0.3) is 0 Å². The van der Waals surface area contributed by atoms with Gasteiger partial charge >= 0.3 is 0 Å². The smallest absolute Gasteiger partial charge is 0.250 e. The van der Waals surface area contributed by atoms with E-state index in [0.717, 1.165) is 12.1 Å². The van der Waals surface area contributed by atoms with Gasteiger partial charge in [-0.2, -0.15) is 4.98 Å². The Morgan fingerprint density at radius 2 is 2.03 bits per heavy atom. The van der Waals surface area contributed by atoms with E-state index in [-0.39, 0.29) is 30.6 Å².